The minimum Gasteiger partial charge on any atom is -0.372 e. The van der Waals surface area contributed by atoms with Crippen LogP contribution in [-0.4, -0.2) is 47.1 Å². The second-order valence-corrected chi connectivity index (χ2v) is 7.03. The first-order chi connectivity index (χ1) is 11.4. The molecule has 0 saturated heterocycles. The van der Waals surface area contributed by atoms with Gasteiger partial charge < -0.3 is 10.2 Å². The van der Waals surface area contributed by atoms with Crippen LogP contribution in [0.5, 0.6) is 0 Å². The van der Waals surface area contributed by atoms with Crippen molar-refractivity contribution in [2.24, 2.45) is 0 Å². The standard InChI is InChI=1S/C13H11ClF3N3O4S/c1-7-10(20-3-2-19-6-20)11(21)8(4-14)9(5-18)12(7,13(15,16)17)25(22,23)24/h2-3,19H,4,6H2,1H3,(H,22,23,24). The number of nitrogens with zero attached hydrogens (tertiary/aromatic N) is 2. The van der Waals surface area contributed by atoms with Crippen LogP contribution < -0.4 is 5.32 Å². The lowest BCUT2D eigenvalue weighted by molar-refractivity contribution is -0.145. The summed E-state index contributed by atoms with van der Waals surface area (Å²) in [4.78, 5) is 13.6. The lowest BCUT2D eigenvalue weighted by Gasteiger charge is -2.39. The molecule has 0 aromatic heterocycles. The Kier molecular flexibility index (Phi) is 4.67. The fourth-order valence-corrected chi connectivity index (χ4v) is 4.39. The third-order valence-corrected chi connectivity index (χ3v) is 5.76. The van der Waals surface area contributed by atoms with Gasteiger partial charge in [0, 0.05) is 18.0 Å². The van der Waals surface area contributed by atoms with Gasteiger partial charge in [-0.3, -0.25) is 9.35 Å². The maximum atomic E-state index is 13.9. The van der Waals surface area contributed by atoms with Crippen molar-refractivity contribution in [3.63, 3.8) is 0 Å². The molecule has 1 aliphatic carbocycles. The molecule has 2 N–H and O–H groups in total. The number of Topliss-reactive ketones (excluding diaryl/α,β-unsaturated/α-hetero) is 1. The van der Waals surface area contributed by atoms with E-state index < -0.39 is 55.1 Å². The van der Waals surface area contributed by atoms with Gasteiger partial charge in [-0.25, -0.2) is 0 Å². The Morgan fingerprint density at radius 3 is 2.48 bits per heavy atom. The van der Waals surface area contributed by atoms with Gasteiger partial charge in [-0.15, -0.1) is 11.6 Å². The van der Waals surface area contributed by atoms with E-state index in [1.807, 2.05) is 0 Å². The van der Waals surface area contributed by atoms with Gasteiger partial charge in [0.1, 0.15) is 0 Å². The second kappa shape index (κ2) is 6.05. The molecule has 12 heteroatoms. The Bertz CT molecular complexity index is 870. The highest BCUT2D eigenvalue weighted by Crippen LogP contribution is 2.52. The largest absolute Gasteiger partial charge is 0.419 e. The molecule has 136 valence electrons. The molecule has 2 rings (SSSR count). The molecule has 7 nitrogen and oxygen atoms in total. The van der Waals surface area contributed by atoms with E-state index in [0.717, 1.165) is 17.9 Å². The first-order valence-corrected chi connectivity index (χ1v) is 8.58. The summed E-state index contributed by atoms with van der Waals surface area (Å²) in [7, 11) is -5.93. The van der Waals surface area contributed by atoms with E-state index in [4.69, 9.17) is 11.6 Å². The van der Waals surface area contributed by atoms with Crippen LogP contribution in [-0.2, 0) is 14.9 Å². The van der Waals surface area contributed by atoms with Crippen molar-refractivity contribution in [1.29, 1.82) is 5.26 Å². The van der Waals surface area contributed by atoms with Crippen LogP contribution in [0.1, 0.15) is 6.92 Å². The van der Waals surface area contributed by atoms with E-state index in [1.165, 1.54) is 12.4 Å². The summed E-state index contributed by atoms with van der Waals surface area (Å²) in [6.45, 7) is 0.637. The predicted molar refractivity (Wildman–Crippen MR) is 80.4 cm³/mol. The van der Waals surface area contributed by atoms with Crippen molar-refractivity contribution in [1.82, 2.24) is 10.2 Å². The van der Waals surface area contributed by atoms with Crippen LogP contribution in [0.3, 0.4) is 0 Å². The molecule has 25 heavy (non-hydrogen) atoms. The van der Waals surface area contributed by atoms with Gasteiger partial charge in [0.2, 0.25) is 10.5 Å². The van der Waals surface area contributed by atoms with Crippen molar-refractivity contribution in [2.75, 3.05) is 12.5 Å². The summed E-state index contributed by atoms with van der Waals surface area (Å²) in [5, 5.41) is 11.8. The average Bonchev–Trinajstić information content (AvgIpc) is 2.97. The van der Waals surface area contributed by atoms with Gasteiger partial charge >= 0.3 is 6.18 Å². The molecule has 1 atom stereocenters. The van der Waals surface area contributed by atoms with Gasteiger partial charge in [-0.05, 0) is 12.5 Å². The number of alkyl halides is 4. The minimum absolute atomic E-state index is 0.102. The molecule has 0 spiro atoms. The van der Waals surface area contributed by atoms with Crippen LogP contribution in [0.15, 0.2) is 34.8 Å². The summed E-state index contributed by atoms with van der Waals surface area (Å²) >= 11 is 5.55. The van der Waals surface area contributed by atoms with Gasteiger partial charge in [0.25, 0.3) is 10.1 Å². The van der Waals surface area contributed by atoms with Crippen molar-refractivity contribution >= 4 is 27.5 Å². The summed E-state index contributed by atoms with van der Waals surface area (Å²) in [5.41, 5.74) is -3.92. The van der Waals surface area contributed by atoms with Gasteiger partial charge in [0.15, 0.2) is 0 Å². The molecule has 0 saturated carbocycles. The smallest absolute Gasteiger partial charge is 0.372 e. The molecule has 0 bridgehead atoms. The Labute approximate surface area is 145 Å². The Hall–Kier alpha value is -2.03. The molecular formula is C13H11ClF3N3O4S. The zero-order valence-corrected chi connectivity index (χ0v) is 14.1. The number of hydrogen-bond donors (Lipinski definition) is 2. The normalized spacial score (nSPS) is 24.7. The summed E-state index contributed by atoms with van der Waals surface area (Å²) < 4.78 is 70.9. The first-order valence-electron chi connectivity index (χ1n) is 6.61. The molecule has 0 fully saturated rings. The fourth-order valence-electron chi connectivity index (χ4n) is 2.94. The molecule has 1 unspecified atom stereocenters. The van der Waals surface area contributed by atoms with E-state index >= 15 is 0 Å². The Morgan fingerprint density at radius 1 is 1.52 bits per heavy atom. The second-order valence-electron chi connectivity index (χ2n) is 5.20. The number of nitriles is 1. The highest BCUT2D eigenvalue weighted by atomic mass is 35.5. The predicted octanol–water partition coefficient (Wildman–Crippen LogP) is 1.42. The number of rotatable bonds is 3. The minimum atomic E-state index is -5.93. The summed E-state index contributed by atoms with van der Waals surface area (Å²) in [5.74, 6) is -1.85. The highest BCUT2D eigenvalue weighted by molar-refractivity contribution is 7.87. The monoisotopic (exact) mass is 397 g/mol. The number of carbonyl (C=O) groups is 1. The molecule has 0 radical (unpaired) electrons. The van der Waals surface area contributed by atoms with Gasteiger partial charge in [-0.2, -0.15) is 26.9 Å². The SMILES string of the molecule is CC1=C(N2C=CNC2)C(=O)C(CCl)=C(C#N)C1(C(F)(F)F)S(=O)(=O)O. The molecule has 0 aromatic rings. The third kappa shape index (κ3) is 2.52. The van der Waals surface area contributed by atoms with E-state index in [-0.39, 0.29) is 6.67 Å². The maximum absolute atomic E-state index is 13.9. The van der Waals surface area contributed by atoms with Crippen molar-refractivity contribution in [2.45, 2.75) is 17.8 Å². The van der Waals surface area contributed by atoms with Crippen LogP contribution >= 0.6 is 11.6 Å². The number of ketones is 1. The van der Waals surface area contributed by atoms with E-state index in [1.54, 1.807) is 0 Å². The fraction of sp³-hybridized carbons (Fsp3) is 0.385. The number of allylic oxidation sites excluding steroid dienone is 1. The molecule has 0 amide bonds. The lowest BCUT2D eigenvalue weighted by atomic mass is 9.79. The number of halogens is 4. The number of nitrogens with one attached hydrogen (secondary N) is 1. The topological polar surface area (TPSA) is 111 Å². The number of hydrogen-bond acceptors (Lipinski definition) is 6. The Balaban J connectivity index is 3.03. The average molecular weight is 398 g/mol. The van der Waals surface area contributed by atoms with Crippen molar-refractivity contribution in [3.8, 4) is 6.07 Å². The van der Waals surface area contributed by atoms with Gasteiger partial charge in [-0.1, -0.05) is 0 Å². The van der Waals surface area contributed by atoms with Crippen LogP contribution in [0.4, 0.5) is 13.2 Å². The van der Waals surface area contributed by atoms with Crippen LogP contribution in [0.25, 0.3) is 0 Å². The molecule has 1 aliphatic heterocycles. The van der Waals surface area contributed by atoms with E-state index in [2.05, 4.69) is 5.32 Å². The van der Waals surface area contributed by atoms with E-state index in [0.29, 0.717) is 0 Å². The van der Waals surface area contributed by atoms with Crippen LogP contribution in [0.2, 0.25) is 0 Å². The quantitative estimate of drug-likeness (QED) is 0.547. The third-order valence-electron chi connectivity index (χ3n) is 3.98. The lowest BCUT2D eigenvalue weighted by Crippen LogP contribution is -2.57. The molecular weight excluding hydrogens is 387 g/mol. The molecule has 0 aromatic carbocycles. The molecule has 2 aliphatic rings. The Morgan fingerprint density at radius 2 is 2.12 bits per heavy atom. The van der Waals surface area contributed by atoms with E-state index in [9.17, 15) is 36.2 Å². The zero-order valence-electron chi connectivity index (χ0n) is 12.6. The molecule has 1 heterocycles. The van der Waals surface area contributed by atoms with Crippen molar-refractivity contribution < 1.29 is 30.9 Å². The maximum Gasteiger partial charge on any atom is 0.419 e. The van der Waals surface area contributed by atoms with Gasteiger partial charge in [0.05, 0.1) is 29.9 Å². The van der Waals surface area contributed by atoms with Crippen LogP contribution in [0, 0.1) is 11.3 Å². The summed E-state index contributed by atoms with van der Waals surface area (Å²) in [6, 6.07) is 1.11. The first kappa shape index (κ1) is 19.3. The zero-order chi connectivity index (χ0) is 19.2. The highest BCUT2D eigenvalue weighted by Gasteiger charge is 2.71. The number of carbonyl (C=O) groups excluding carboxylic acids is 1. The summed E-state index contributed by atoms with van der Waals surface area (Å²) in [6.07, 6.45) is -3.05. The van der Waals surface area contributed by atoms with Crippen molar-refractivity contribution in [3.05, 3.63) is 34.8 Å².